The van der Waals surface area contributed by atoms with E-state index in [2.05, 4.69) is 20.8 Å². The first-order chi connectivity index (χ1) is 17.5. The molecule has 0 spiro atoms. The van der Waals surface area contributed by atoms with Gasteiger partial charge in [-0.25, -0.2) is 0 Å². The first kappa shape index (κ1) is 27.4. The average Bonchev–Trinajstić information content (AvgIpc) is 2.79. The van der Waals surface area contributed by atoms with Gasteiger partial charge in [0.1, 0.15) is 17.1 Å². The molecular formula is C28H34N2O8. The molecule has 1 saturated carbocycles. The van der Waals surface area contributed by atoms with E-state index in [4.69, 9.17) is 5.73 Å². The molecule has 3 aliphatic rings. The van der Waals surface area contributed by atoms with E-state index in [1.807, 2.05) is 25.1 Å². The normalized spacial score (nSPS) is 25.3. The number of aromatic hydroxyl groups is 1. The number of hydrogen-bond donors (Lipinski definition) is 5. The molecule has 0 aliphatic heterocycles. The Morgan fingerprint density at radius 3 is 2.29 bits per heavy atom. The lowest BCUT2D eigenvalue weighted by Gasteiger charge is -2.45. The molecule has 38 heavy (non-hydrogen) atoms. The van der Waals surface area contributed by atoms with Crippen LogP contribution in [0.1, 0.15) is 56.7 Å². The van der Waals surface area contributed by atoms with E-state index >= 15 is 0 Å². The van der Waals surface area contributed by atoms with Crippen molar-refractivity contribution in [3.05, 3.63) is 39.7 Å². The van der Waals surface area contributed by atoms with Gasteiger partial charge in [0, 0.05) is 25.4 Å². The second-order valence-corrected chi connectivity index (χ2v) is 11.9. The zero-order valence-corrected chi connectivity index (χ0v) is 22.2. The summed E-state index contributed by atoms with van der Waals surface area (Å²) in [5, 5.41) is 44.2. The minimum absolute atomic E-state index is 0.0479. The number of aliphatic hydroxyl groups is 3. The van der Waals surface area contributed by atoms with E-state index in [0.29, 0.717) is 23.2 Å². The molecule has 4 rings (SSSR count). The maximum atomic E-state index is 13.7. The number of aryl methyl sites for hydroxylation is 1. The number of nitrogens with zero attached hydrogens (tertiary/aromatic N) is 1. The van der Waals surface area contributed by atoms with Gasteiger partial charge in [0.15, 0.2) is 5.76 Å². The summed E-state index contributed by atoms with van der Waals surface area (Å²) in [6, 6.07) is 1.85. The van der Waals surface area contributed by atoms with Crippen LogP contribution in [-0.2, 0) is 32.0 Å². The maximum Gasteiger partial charge on any atom is 0.256 e. The molecule has 0 saturated heterocycles. The minimum atomic E-state index is -3.00. The number of fused-ring (bicyclic) bond motifs is 3. The van der Waals surface area contributed by atoms with Crippen LogP contribution in [0.5, 0.6) is 5.75 Å². The zero-order chi connectivity index (χ0) is 28.5. The third kappa shape index (κ3) is 3.98. The van der Waals surface area contributed by atoms with Gasteiger partial charge in [-0.2, -0.15) is 0 Å². The Morgan fingerprint density at radius 2 is 1.74 bits per heavy atom. The Labute approximate surface area is 220 Å². The van der Waals surface area contributed by atoms with E-state index in [0.717, 1.165) is 12.8 Å². The van der Waals surface area contributed by atoms with Gasteiger partial charge in [-0.1, -0.05) is 20.8 Å². The summed E-state index contributed by atoms with van der Waals surface area (Å²) in [4.78, 5) is 53.3. The number of aliphatic hydroxyl groups excluding tert-OH is 2. The molecular weight excluding hydrogens is 492 g/mol. The number of phenolic OH excluding ortho intramolecular Hbond substituents is 1. The van der Waals surface area contributed by atoms with Crippen LogP contribution in [0, 0.1) is 17.3 Å². The molecule has 10 nitrogen and oxygen atoms in total. The Morgan fingerprint density at radius 1 is 1.11 bits per heavy atom. The number of ketones is 3. The number of amides is 1. The number of allylic oxidation sites excluding steroid dienone is 1. The van der Waals surface area contributed by atoms with Crippen molar-refractivity contribution in [2.24, 2.45) is 23.0 Å². The van der Waals surface area contributed by atoms with Crippen molar-refractivity contribution in [1.82, 2.24) is 0 Å². The lowest BCUT2D eigenvalue weighted by atomic mass is 9.58. The molecule has 0 heterocycles. The smallest absolute Gasteiger partial charge is 0.256 e. The van der Waals surface area contributed by atoms with Crippen molar-refractivity contribution < 1.29 is 39.6 Å². The third-order valence-electron chi connectivity index (χ3n) is 7.89. The Bertz CT molecular complexity index is 1350. The van der Waals surface area contributed by atoms with Crippen molar-refractivity contribution in [3.8, 4) is 5.75 Å². The third-order valence-corrected chi connectivity index (χ3v) is 7.89. The number of Topliss-reactive ketones (excluding diaryl/α,β-unsaturated/α-hetero) is 3. The van der Waals surface area contributed by atoms with E-state index < -0.39 is 57.8 Å². The van der Waals surface area contributed by atoms with Crippen molar-refractivity contribution in [2.75, 3.05) is 19.0 Å². The second kappa shape index (κ2) is 8.97. The molecule has 1 amide bonds. The van der Waals surface area contributed by atoms with Gasteiger partial charge in [-0.05, 0) is 60.6 Å². The van der Waals surface area contributed by atoms with E-state index in [1.165, 1.54) is 0 Å². The number of benzene rings is 1. The van der Waals surface area contributed by atoms with Crippen molar-refractivity contribution in [2.45, 2.75) is 58.5 Å². The van der Waals surface area contributed by atoms with Gasteiger partial charge in [0.25, 0.3) is 5.91 Å². The largest absolute Gasteiger partial charge is 0.507 e. The number of nitrogens with two attached hydrogens (primary N) is 1. The predicted octanol–water partition coefficient (Wildman–Crippen LogP) is 2.04. The molecule has 0 unspecified atom stereocenters. The lowest BCUT2D eigenvalue weighted by molar-refractivity contribution is -0.163. The number of carbonyl (C=O) groups excluding carboxylic acids is 4. The average molecular weight is 527 g/mol. The van der Waals surface area contributed by atoms with E-state index in [-0.39, 0.29) is 35.1 Å². The fourth-order valence-electron chi connectivity index (χ4n) is 5.97. The van der Waals surface area contributed by atoms with Gasteiger partial charge in [0.2, 0.25) is 23.0 Å². The molecule has 1 aromatic carbocycles. The quantitative estimate of drug-likeness (QED) is 0.283. The van der Waals surface area contributed by atoms with Gasteiger partial charge < -0.3 is 31.1 Å². The molecule has 204 valence electrons. The Kier molecular flexibility index (Phi) is 6.46. The van der Waals surface area contributed by atoms with E-state index in [9.17, 15) is 39.6 Å². The number of hydrogen-bond acceptors (Lipinski definition) is 9. The highest BCUT2D eigenvalue weighted by molar-refractivity contribution is 6.37. The summed E-state index contributed by atoms with van der Waals surface area (Å²) >= 11 is 0. The lowest BCUT2D eigenvalue weighted by Crippen LogP contribution is -2.64. The summed E-state index contributed by atoms with van der Waals surface area (Å²) in [5.74, 6) is -9.69. The standard InChI is InChI=1S/C28H34N2O8/c1-27(2,3)8-6-7-12-11-16(30(4)5)14-9-13-10-15-21(32)23(34)19(26(29)37)25(36)28(15,38)24(35)17(13)22(33)18(14)20(12)31/h11,13,15,31,33-34,38H,6-10H2,1-5H3,(H2,29,37)/t13-,15-,28-/m0/s1. The van der Waals surface area contributed by atoms with E-state index in [1.54, 1.807) is 0 Å². The molecule has 0 aromatic heterocycles. The number of phenols is 1. The molecule has 6 N–H and O–H groups in total. The van der Waals surface area contributed by atoms with Gasteiger partial charge in [0.05, 0.1) is 11.5 Å². The summed E-state index contributed by atoms with van der Waals surface area (Å²) in [7, 11) is 3.62. The fourth-order valence-corrected chi connectivity index (χ4v) is 5.97. The number of primary amides is 1. The van der Waals surface area contributed by atoms with Crippen LogP contribution < -0.4 is 10.6 Å². The maximum absolute atomic E-state index is 13.7. The number of carbonyl (C=O) groups is 4. The molecule has 1 fully saturated rings. The van der Waals surface area contributed by atoms with Gasteiger partial charge in [-0.3, -0.25) is 19.2 Å². The summed E-state index contributed by atoms with van der Waals surface area (Å²) in [6.45, 7) is 6.34. The highest BCUT2D eigenvalue weighted by Crippen LogP contribution is 2.52. The molecule has 1 aromatic rings. The highest BCUT2D eigenvalue weighted by Gasteiger charge is 2.64. The Balaban J connectivity index is 1.88. The molecule has 10 heteroatoms. The summed E-state index contributed by atoms with van der Waals surface area (Å²) < 4.78 is 0. The van der Waals surface area contributed by atoms with Crippen LogP contribution in [0.4, 0.5) is 5.69 Å². The first-order valence-corrected chi connectivity index (χ1v) is 12.6. The zero-order valence-electron chi connectivity index (χ0n) is 22.2. The van der Waals surface area contributed by atoms with Crippen molar-refractivity contribution in [1.29, 1.82) is 0 Å². The van der Waals surface area contributed by atoms with Crippen molar-refractivity contribution in [3.63, 3.8) is 0 Å². The van der Waals surface area contributed by atoms with Crippen LogP contribution in [-0.4, -0.2) is 63.4 Å². The molecule has 0 radical (unpaired) electrons. The summed E-state index contributed by atoms with van der Waals surface area (Å²) in [5.41, 5.74) is 2.70. The monoisotopic (exact) mass is 526 g/mol. The topological polar surface area (TPSA) is 178 Å². The minimum Gasteiger partial charge on any atom is -0.507 e. The molecule has 3 atom stereocenters. The van der Waals surface area contributed by atoms with Crippen LogP contribution in [0.2, 0.25) is 0 Å². The van der Waals surface area contributed by atoms with Crippen LogP contribution >= 0.6 is 0 Å². The number of anilines is 1. The number of rotatable bonds is 5. The second-order valence-electron chi connectivity index (χ2n) is 11.9. The van der Waals surface area contributed by atoms with Crippen LogP contribution in [0.3, 0.4) is 0 Å². The van der Waals surface area contributed by atoms with Crippen LogP contribution in [0.25, 0.3) is 5.76 Å². The van der Waals surface area contributed by atoms with Crippen molar-refractivity contribution >= 4 is 34.7 Å². The predicted molar refractivity (Wildman–Crippen MR) is 138 cm³/mol. The fraction of sp³-hybridized carbons (Fsp3) is 0.500. The molecule has 0 bridgehead atoms. The SMILES string of the molecule is CN(C)c1cc(CCCC(C)(C)C)c(O)c2c1C[C@H]1C[C@H]3C(=O)C(O)=C(C(N)=O)C(=O)[C@@]3(O)C(=O)C1=C2O. The van der Waals surface area contributed by atoms with Crippen LogP contribution in [0.15, 0.2) is 23.0 Å². The molecule has 3 aliphatic carbocycles. The van der Waals surface area contributed by atoms with Gasteiger partial charge >= 0.3 is 0 Å². The van der Waals surface area contributed by atoms with Gasteiger partial charge in [-0.15, -0.1) is 0 Å². The Hall–Kier alpha value is -3.66. The first-order valence-electron chi connectivity index (χ1n) is 12.6. The highest BCUT2D eigenvalue weighted by atomic mass is 16.3. The summed E-state index contributed by atoms with van der Waals surface area (Å²) in [6.07, 6.45) is 2.06.